The van der Waals surface area contributed by atoms with Crippen molar-refractivity contribution in [3.05, 3.63) is 240 Å². The molecule has 17 rings (SSSR count). The molecule has 0 radical (unpaired) electrons. The number of Topliss-reactive ketones (excluding diaryl/α,β-unsaturated/α-hetero) is 1. The fraction of sp³-hybridized carbons (Fsp3) is 0.464. The van der Waals surface area contributed by atoms with E-state index in [2.05, 4.69) is 5.32 Å². The molecular formula is C110H130F9N7O21. The Morgan fingerprint density at radius 3 is 1.10 bits per heavy atom. The summed E-state index contributed by atoms with van der Waals surface area (Å²) < 4.78 is 154. The van der Waals surface area contributed by atoms with Crippen molar-refractivity contribution in [2.75, 3.05) is 156 Å². The summed E-state index contributed by atoms with van der Waals surface area (Å²) in [5, 5.41) is 23.9. The highest BCUT2D eigenvalue weighted by Gasteiger charge is 2.64. The second-order valence-electron chi connectivity index (χ2n) is 38.2. The first-order valence-electron chi connectivity index (χ1n) is 47.9. The van der Waals surface area contributed by atoms with E-state index in [1.165, 1.54) is 27.4 Å². The van der Waals surface area contributed by atoms with E-state index in [4.69, 9.17) is 43.6 Å². The van der Waals surface area contributed by atoms with E-state index in [1.54, 1.807) is 31.4 Å². The highest BCUT2D eigenvalue weighted by atomic mass is 19.4. The quantitative estimate of drug-likeness (QED) is 0.0243. The Bertz CT molecular complexity index is 6030. The van der Waals surface area contributed by atoms with Crippen LogP contribution in [0.1, 0.15) is 162 Å². The van der Waals surface area contributed by atoms with Crippen LogP contribution in [-0.4, -0.2) is 201 Å². The van der Waals surface area contributed by atoms with Crippen LogP contribution < -0.4 is 35.6 Å². The minimum absolute atomic E-state index is 0. The highest BCUT2D eigenvalue weighted by Crippen LogP contribution is 2.53. The van der Waals surface area contributed by atoms with E-state index in [-0.39, 0.29) is 118 Å². The van der Waals surface area contributed by atoms with Gasteiger partial charge in [0, 0.05) is 144 Å². The maximum atomic E-state index is 13.7. The van der Waals surface area contributed by atoms with Crippen molar-refractivity contribution < 1.29 is 140 Å². The molecule has 794 valence electrons. The van der Waals surface area contributed by atoms with Crippen molar-refractivity contribution in [1.82, 2.24) is 0 Å². The number of ether oxygens (including phenoxy) is 8. The van der Waals surface area contributed by atoms with Crippen LogP contribution in [0.3, 0.4) is 0 Å². The van der Waals surface area contributed by atoms with E-state index in [0.29, 0.717) is 148 Å². The Labute approximate surface area is 849 Å². The topological polar surface area (TPSA) is 356 Å². The lowest BCUT2D eigenvalue weighted by Crippen LogP contribution is -2.57. The van der Waals surface area contributed by atoms with Crippen LogP contribution >= 0.6 is 0 Å². The lowest BCUT2D eigenvalue weighted by Gasteiger charge is -2.44. The van der Waals surface area contributed by atoms with Gasteiger partial charge in [-0.1, -0.05) is 133 Å². The first kappa shape index (κ1) is 116. The molecule has 7 saturated heterocycles. The number of aryl methyl sites for hydroxylation is 11. The van der Waals surface area contributed by atoms with Crippen LogP contribution in [0.15, 0.2) is 162 Å². The van der Waals surface area contributed by atoms with E-state index in [1.807, 2.05) is 178 Å². The smallest absolute Gasteiger partial charge is 0.416 e. The molecule has 6 amide bonds. The number of hydrogen-bond acceptors (Lipinski definition) is 21. The summed E-state index contributed by atoms with van der Waals surface area (Å²) in [7, 11) is 4.05. The number of para-hydroxylation sites is 5. The van der Waals surface area contributed by atoms with Gasteiger partial charge >= 0.3 is 42.4 Å². The molecular weight excluding hydrogens is 1930 g/mol. The number of nitrogens with zero attached hydrogens (tertiary/aromatic N) is 5. The number of amides is 6. The predicted molar refractivity (Wildman–Crippen MR) is 534 cm³/mol. The van der Waals surface area contributed by atoms with Crippen molar-refractivity contribution in [2.24, 2.45) is 27.6 Å². The van der Waals surface area contributed by atoms with E-state index < -0.39 is 86.0 Å². The largest absolute Gasteiger partial charge is 0.481 e. The van der Waals surface area contributed by atoms with Gasteiger partial charge in [0.15, 0.2) is 0 Å². The second-order valence-corrected chi connectivity index (χ2v) is 38.2. The molecule has 147 heavy (non-hydrogen) atoms. The summed E-state index contributed by atoms with van der Waals surface area (Å²) in [6, 6.07) is 33.7. The number of rotatable bonds is 15. The van der Waals surface area contributed by atoms with Gasteiger partial charge in [-0.3, -0.25) is 52.7 Å². The number of ketones is 1. The van der Waals surface area contributed by atoms with Gasteiger partial charge < -0.3 is 83.7 Å². The Hall–Kier alpha value is -12.9. The Morgan fingerprint density at radius 1 is 0.401 bits per heavy atom. The Morgan fingerprint density at radius 2 is 0.735 bits per heavy atom. The normalized spacial score (nSPS) is 21.8. The average Bonchev–Trinajstić information content (AvgIpc) is 1.58. The molecule has 10 aliphatic rings. The third-order valence-corrected chi connectivity index (χ3v) is 28.2. The molecule has 7 aromatic rings. The van der Waals surface area contributed by atoms with E-state index >= 15 is 0 Å². The zero-order valence-electron chi connectivity index (χ0n) is 84.4. The number of anilines is 7. The average molecular weight is 2060 g/mol. The molecule has 0 saturated carbocycles. The number of methoxy groups -OCH3 is 3. The number of alkyl halides is 9. The lowest BCUT2D eigenvalue weighted by molar-refractivity contribution is -0.183. The van der Waals surface area contributed by atoms with Gasteiger partial charge in [0.2, 0.25) is 35.4 Å². The van der Waals surface area contributed by atoms with Crippen molar-refractivity contribution in [3.63, 3.8) is 0 Å². The van der Waals surface area contributed by atoms with Crippen LogP contribution in [0.25, 0.3) is 0 Å². The number of nitrogens with two attached hydrogens (primary N) is 1. The van der Waals surface area contributed by atoms with Crippen LogP contribution in [-0.2, 0) is 109 Å². The van der Waals surface area contributed by atoms with Gasteiger partial charge in [0.1, 0.15) is 22.0 Å². The van der Waals surface area contributed by atoms with Crippen molar-refractivity contribution in [2.45, 2.75) is 185 Å². The van der Waals surface area contributed by atoms with Gasteiger partial charge in [-0.25, -0.2) is 0 Å². The van der Waals surface area contributed by atoms with E-state index in [0.717, 1.165) is 113 Å². The lowest BCUT2D eigenvalue weighted by atomic mass is 9.67. The molecule has 10 aliphatic heterocycles. The number of hydrogen-bond donors (Lipinski definition) is 4. The van der Waals surface area contributed by atoms with Crippen molar-refractivity contribution >= 4 is 105 Å². The molecule has 28 nitrogen and oxygen atoms in total. The molecule has 10 heterocycles. The van der Waals surface area contributed by atoms with Crippen LogP contribution in [0, 0.1) is 104 Å². The number of carboxylic acid groups (broad SMARTS) is 1. The summed E-state index contributed by atoms with van der Waals surface area (Å²) in [5.74, 6) is -3.12. The summed E-state index contributed by atoms with van der Waals surface area (Å²) in [6.07, 6.45) is -4.75. The second kappa shape index (κ2) is 48.8. The molecule has 7 aromatic carbocycles. The van der Waals surface area contributed by atoms with Crippen LogP contribution in [0.4, 0.5) is 79.3 Å². The number of carboxylic acids is 1. The fourth-order valence-electron chi connectivity index (χ4n) is 20.7. The van der Waals surface area contributed by atoms with E-state index in [9.17, 15) is 102 Å². The zero-order chi connectivity index (χ0) is 107. The van der Waals surface area contributed by atoms with Crippen LogP contribution in [0.5, 0.6) is 0 Å². The standard InChI is InChI=1S/C26H27F3N2O3.C19H25NO5.C19H23NO4.C18H21NO4.C14H17NO3.C8H5F6N.C5H8O2.CH4/c1-16-11-20(26(27,28)29)13-21(12-16)30-24(33)25(19-7-9-34-10-8-19)14-22(32)31(15-25)23-17(2)5-4-6-18(23)3;1-13-5-4-6-14(2)16(13)20-12-18(11-15(20)21,17(22)24-3)19(23)7-9-25-10-8-19;1-13-5-4-6-14(2)17(13)20-12-19(11-16(20)21,18(22)23-3)15-7-9-24-10-8-15;1-12-4-3-5-13(2)16(12)19-11-18(17(21)22,10-15(19)20)14-6-8-23-9-7-14;1-9-5-4-6-10(2)13(9)15-8-11(7-12(15)16)14(17)18-3;9-7(10,11)4-1-5(8(12,13)14)3-6(15)2-4;6-5-1-3-7-4-2-5;/h4-7,11-13H,8-10,14-15H2,1-3H3,(H,30,33);4-6,23H,7-12H2,1-3H3;4-7H,8-12H2,1-3H3;3-6H,7-11H2,1-2H3,(H,21,22);4-6,11H,7-8H2,1-3H3;1-3H,15H2;1-4H2;1H4. The fourth-order valence-corrected chi connectivity index (χ4v) is 20.7. The highest BCUT2D eigenvalue weighted by molar-refractivity contribution is 6.09. The number of carbonyl (C=O) groups is 11. The molecule has 0 bridgehead atoms. The third kappa shape index (κ3) is 26.4. The SMILES string of the molecule is C.COC(=O)C1(C2(O)CCOCC2)CC(=O)N(c2c(C)cccc2C)C1.COC(=O)C1(C2=CCOCC2)CC(=O)N(c2c(C)cccc2C)C1.COC(=O)C1CC(=O)N(c2c(C)cccc2C)C1.Cc1cc(NC(=O)C2(C3=CCOCC3)CC(=O)N(c3c(C)cccc3C)C2)cc(C(F)(F)F)c1.Cc1cccc(C)c1N1CC(C(=O)O)(C2=CCOCC2)CC1=O.Nc1cc(C(F)(F)F)cc(C(F)(F)F)c1.O=C1CCOCC1. The number of halogens is 9. The molecule has 37 heteroatoms. The molecule has 0 aliphatic carbocycles. The van der Waals surface area contributed by atoms with Gasteiger partial charge in [-0.05, 0) is 193 Å². The van der Waals surface area contributed by atoms with Gasteiger partial charge in [0.25, 0.3) is 0 Å². The minimum Gasteiger partial charge on any atom is -0.481 e. The summed E-state index contributed by atoms with van der Waals surface area (Å²) in [4.78, 5) is 145. The third-order valence-electron chi connectivity index (χ3n) is 28.2. The molecule has 5 atom stereocenters. The van der Waals surface area contributed by atoms with Crippen LogP contribution in [0.2, 0.25) is 0 Å². The number of nitrogen functional groups attached to an aromatic ring is 1. The maximum absolute atomic E-state index is 13.7. The molecule has 7 fully saturated rings. The molecule has 0 spiro atoms. The number of nitrogens with one attached hydrogen (secondary N) is 1. The summed E-state index contributed by atoms with van der Waals surface area (Å²) in [6.45, 7) is 27.0. The number of aliphatic carboxylic acids is 1. The monoisotopic (exact) mass is 2060 g/mol. The zero-order valence-corrected chi connectivity index (χ0v) is 84.4. The maximum Gasteiger partial charge on any atom is 0.416 e. The van der Waals surface area contributed by atoms with Gasteiger partial charge in [-0.15, -0.1) is 0 Å². The first-order valence-corrected chi connectivity index (χ1v) is 47.9. The number of carbonyl (C=O) groups excluding carboxylic acids is 10. The Balaban J connectivity index is 0.000000180. The molecule has 5 unspecified atom stereocenters. The molecule has 0 aromatic heterocycles. The summed E-state index contributed by atoms with van der Waals surface area (Å²) in [5.41, 5.74) is 12.1. The molecule has 5 N–H and O–H groups in total. The van der Waals surface area contributed by atoms with Crippen molar-refractivity contribution in [1.29, 1.82) is 0 Å². The first-order chi connectivity index (χ1) is 68.8. The Kier molecular flexibility index (Phi) is 38.5. The van der Waals surface area contributed by atoms with Crippen molar-refractivity contribution in [3.8, 4) is 0 Å². The number of benzene rings is 7. The number of aliphatic hydroxyl groups is 1. The summed E-state index contributed by atoms with van der Waals surface area (Å²) >= 11 is 0. The number of esters is 3. The van der Waals surface area contributed by atoms with Gasteiger partial charge in [-0.2, -0.15) is 39.5 Å². The van der Waals surface area contributed by atoms with Gasteiger partial charge in [0.05, 0.1) is 108 Å². The minimum atomic E-state index is -4.84. The predicted octanol–water partition coefficient (Wildman–Crippen LogP) is 18.2.